The van der Waals surface area contributed by atoms with Crippen LogP contribution in [0.15, 0.2) is 53.1 Å². The number of furan rings is 1. The Bertz CT molecular complexity index is 832. The molecule has 7 heteroatoms. The Labute approximate surface area is 143 Å². The summed E-state index contributed by atoms with van der Waals surface area (Å²) in [5, 5.41) is 6.54. The molecule has 0 atom stereocenters. The Morgan fingerprint density at radius 3 is 2.71 bits per heavy atom. The predicted molar refractivity (Wildman–Crippen MR) is 91.4 cm³/mol. The number of carbonyl (C=O) groups excluding carboxylic acids is 1. The normalized spacial score (nSPS) is 10.4. The van der Waals surface area contributed by atoms with Crippen LogP contribution in [0.3, 0.4) is 0 Å². The van der Waals surface area contributed by atoms with Crippen molar-refractivity contribution in [3.63, 3.8) is 0 Å². The van der Waals surface area contributed by atoms with Gasteiger partial charge in [-0.2, -0.15) is 0 Å². The van der Waals surface area contributed by atoms with Crippen molar-refractivity contribution in [3.05, 3.63) is 71.0 Å². The highest BCUT2D eigenvalue weighted by Crippen LogP contribution is 2.18. The van der Waals surface area contributed by atoms with Crippen molar-refractivity contribution in [1.82, 2.24) is 15.3 Å². The number of aryl methyl sites for hydroxylation is 1. The van der Waals surface area contributed by atoms with Crippen LogP contribution < -0.4 is 10.6 Å². The Balaban J connectivity index is 1.73. The lowest BCUT2D eigenvalue weighted by molar-refractivity contribution is 0.0942. The van der Waals surface area contributed by atoms with Crippen molar-refractivity contribution < 1.29 is 9.21 Å². The van der Waals surface area contributed by atoms with Crippen LogP contribution in [0, 0.1) is 6.92 Å². The van der Waals surface area contributed by atoms with Gasteiger partial charge in [0.2, 0.25) is 0 Å². The zero-order valence-electron chi connectivity index (χ0n) is 12.9. The SMILES string of the molecule is Cc1nc(Nc2ccc(Cl)cc2)cc(C(=O)NCc2ccco2)n1. The Morgan fingerprint density at radius 2 is 2.00 bits per heavy atom. The maximum absolute atomic E-state index is 12.3. The van der Waals surface area contributed by atoms with Crippen LogP contribution in [0.1, 0.15) is 22.1 Å². The summed E-state index contributed by atoms with van der Waals surface area (Å²) < 4.78 is 5.19. The van der Waals surface area contributed by atoms with Crippen molar-refractivity contribution in [2.75, 3.05) is 5.32 Å². The van der Waals surface area contributed by atoms with Gasteiger partial charge in [-0.25, -0.2) is 9.97 Å². The van der Waals surface area contributed by atoms with Gasteiger partial charge in [0.15, 0.2) is 0 Å². The summed E-state index contributed by atoms with van der Waals surface area (Å²) in [5.41, 5.74) is 1.10. The largest absolute Gasteiger partial charge is 0.467 e. The van der Waals surface area contributed by atoms with Crippen molar-refractivity contribution in [2.45, 2.75) is 13.5 Å². The zero-order valence-corrected chi connectivity index (χ0v) is 13.7. The monoisotopic (exact) mass is 342 g/mol. The third-order valence-electron chi connectivity index (χ3n) is 3.19. The molecule has 0 spiro atoms. The number of hydrogen-bond acceptors (Lipinski definition) is 5. The summed E-state index contributed by atoms with van der Waals surface area (Å²) in [5.74, 6) is 1.41. The topological polar surface area (TPSA) is 80.0 Å². The number of hydrogen-bond donors (Lipinski definition) is 2. The number of halogens is 1. The van der Waals surface area contributed by atoms with E-state index in [9.17, 15) is 4.79 Å². The van der Waals surface area contributed by atoms with Crippen LogP contribution in [-0.2, 0) is 6.54 Å². The van der Waals surface area contributed by atoms with Crippen LogP contribution in [0.4, 0.5) is 11.5 Å². The van der Waals surface area contributed by atoms with Crippen LogP contribution in [-0.4, -0.2) is 15.9 Å². The van der Waals surface area contributed by atoms with Gasteiger partial charge in [-0.1, -0.05) is 11.6 Å². The van der Waals surface area contributed by atoms with Crippen molar-refractivity contribution >= 4 is 29.0 Å². The van der Waals surface area contributed by atoms with Crippen molar-refractivity contribution in [2.24, 2.45) is 0 Å². The molecule has 3 rings (SSSR count). The van der Waals surface area contributed by atoms with Gasteiger partial charge in [-0.3, -0.25) is 4.79 Å². The van der Waals surface area contributed by atoms with E-state index >= 15 is 0 Å². The predicted octanol–water partition coefficient (Wildman–Crippen LogP) is 3.71. The molecule has 0 fully saturated rings. The standard InChI is InChI=1S/C17H15ClN4O2/c1-11-20-15(17(23)19-10-14-3-2-8-24-14)9-16(21-11)22-13-6-4-12(18)5-7-13/h2-9H,10H2,1H3,(H,19,23)(H,20,21,22). The molecule has 0 unspecified atom stereocenters. The summed E-state index contributed by atoms with van der Waals surface area (Å²) in [4.78, 5) is 20.7. The first-order valence-corrected chi connectivity index (χ1v) is 7.67. The third kappa shape index (κ3) is 4.11. The molecule has 1 amide bonds. The fourth-order valence-corrected chi connectivity index (χ4v) is 2.23. The molecule has 2 heterocycles. The van der Waals surface area contributed by atoms with E-state index in [1.165, 1.54) is 0 Å². The molecule has 1 aromatic carbocycles. The Hall–Kier alpha value is -2.86. The number of nitrogens with zero attached hydrogens (tertiary/aromatic N) is 2. The minimum absolute atomic E-state index is 0.283. The number of amides is 1. The zero-order chi connectivity index (χ0) is 16.9. The molecule has 2 aromatic heterocycles. The summed E-state index contributed by atoms with van der Waals surface area (Å²) in [6, 6.07) is 12.4. The Kier molecular flexibility index (Phi) is 4.77. The van der Waals surface area contributed by atoms with Crippen LogP contribution in [0.25, 0.3) is 0 Å². The van der Waals surface area contributed by atoms with Crippen molar-refractivity contribution in [1.29, 1.82) is 0 Å². The van der Waals surface area contributed by atoms with E-state index in [4.69, 9.17) is 16.0 Å². The molecule has 0 aliphatic carbocycles. The molecule has 0 radical (unpaired) electrons. The van der Waals surface area contributed by atoms with Gasteiger partial charge in [-0.15, -0.1) is 0 Å². The highest BCUT2D eigenvalue weighted by atomic mass is 35.5. The molecule has 0 saturated heterocycles. The third-order valence-corrected chi connectivity index (χ3v) is 3.44. The minimum Gasteiger partial charge on any atom is -0.467 e. The maximum atomic E-state index is 12.3. The molecule has 0 saturated carbocycles. The van der Waals surface area contributed by atoms with Gasteiger partial charge in [0, 0.05) is 16.8 Å². The molecule has 24 heavy (non-hydrogen) atoms. The average Bonchev–Trinajstić information content (AvgIpc) is 3.08. The van der Waals surface area contributed by atoms with E-state index in [0.717, 1.165) is 5.69 Å². The van der Waals surface area contributed by atoms with Gasteiger partial charge in [0.1, 0.15) is 23.1 Å². The maximum Gasteiger partial charge on any atom is 0.270 e. The van der Waals surface area contributed by atoms with Crippen LogP contribution >= 0.6 is 11.6 Å². The van der Waals surface area contributed by atoms with Gasteiger partial charge in [0.05, 0.1) is 12.8 Å². The van der Waals surface area contributed by atoms with Gasteiger partial charge >= 0.3 is 0 Å². The quantitative estimate of drug-likeness (QED) is 0.739. The molecule has 0 bridgehead atoms. The van der Waals surface area contributed by atoms with Crippen LogP contribution in [0.2, 0.25) is 5.02 Å². The van der Waals surface area contributed by atoms with Crippen LogP contribution in [0.5, 0.6) is 0 Å². The number of carbonyl (C=O) groups is 1. The fraction of sp³-hybridized carbons (Fsp3) is 0.118. The first kappa shape index (κ1) is 16.0. The summed E-state index contributed by atoms with van der Waals surface area (Å²) in [6.07, 6.45) is 1.56. The molecule has 122 valence electrons. The minimum atomic E-state index is -0.295. The van der Waals surface area contributed by atoms with E-state index in [2.05, 4.69) is 20.6 Å². The molecular weight excluding hydrogens is 328 g/mol. The molecule has 0 aliphatic heterocycles. The first-order chi connectivity index (χ1) is 11.6. The second-order valence-corrected chi connectivity index (χ2v) is 5.52. The smallest absolute Gasteiger partial charge is 0.270 e. The average molecular weight is 343 g/mol. The lowest BCUT2D eigenvalue weighted by Crippen LogP contribution is -2.24. The number of nitrogens with one attached hydrogen (secondary N) is 2. The summed E-state index contributed by atoms with van der Waals surface area (Å²) >= 11 is 5.87. The van der Waals surface area contributed by atoms with E-state index in [1.807, 2.05) is 12.1 Å². The van der Waals surface area contributed by atoms with Gasteiger partial charge in [-0.05, 0) is 43.3 Å². The summed E-state index contributed by atoms with van der Waals surface area (Å²) in [6.45, 7) is 2.03. The highest BCUT2D eigenvalue weighted by molar-refractivity contribution is 6.30. The van der Waals surface area contributed by atoms with Crippen molar-refractivity contribution in [3.8, 4) is 0 Å². The van der Waals surface area contributed by atoms with E-state index in [0.29, 0.717) is 29.0 Å². The van der Waals surface area contributed by atoms with E-state index in [-0.39, 0.29) is 11.6 Å². The van der Waals surface area contributed by atoms with E-state index < -0.39 is 0 Å². The van der Waals surface area contributed by atoms with Gasteiger partial charge < -0.3 is 15.1 Å². The second-order valence-electron chi connectivity index (χ2n) is 5.08. The van der Waals surface area contributed by atoms with E-state index in [1.54, 1.807) is 43.5 Å². The fourth-order valence-electron chi connectivity index (χ4n) is 2.10. The molecule has 3 aromatic rings. The highest BCUT2D eigenvalue weighted by Gasteiger charge is 2.11. The van der Waals surface area contributed by atoms with Gasteiger partial charge in [0.25, 0.3) is 5.91 Å². The molecule has 6 nitrogen and oxygen atoms in total. The second kappa shape index (κ2) is 7.14. The lowest BCUT2D eigenvalue weighted by atomic mass is 10.3. The number of benzene rings is 1. The lowest BCUT2D eigenvalue weighted by Gasteiger charge is -2.09. The molecule has 0 aliphatic rings. The Morgan fingerprint density at radius 1 is 1.21 bits per heavy atom. The molecule has 2 N–H and O–H groups in total. The molecular formula is C17H15ClN4O2. The number of rotatable bonds is 5. The first-order valence-electron chi connectivity index (χ1n) is 7.29. The summed E-state index contributed by atoms with van der Waals surface area (Å²) in [7, 11) is 0. The number of aromatic nitrogens is 2. The number of anilines is 2.